The maximum Gasteiger partial charge on any atom is 0.253 e. The first-order chi connectivity index (χ1) is 16.5. The Balaban J connectivity index is 1.47. The first-order valence-electron chi connectivity index (χ1n) is 11.1. The number of nitrogens with zero attached hydrogens (tertiary/aromatic N) is 1. The number of aromatic amines is 1. The fourth-order valence-electron chi connectivity index (χ4n) is 4.14. The van der Waals surface area contributed by atoms with Crippen LogP contribution >= 0.6 is 12.2 Å². The Morgan fingerprint density at radius 1 is 1.00 bits per heavy atom. The average molecular weight is 472 g/mol. The van der Waals surface area contributed by atoms with Gasteiger partial charge in [-0.15, -0.1) is 0 Å². The Kier molecular flexibility index (Phi) is 5.94. The molecule has 0 fully saturated rings. The average Bonchev–Trinajstić information content (AvgIpc) is 3.28. The second-order valence-corrected chi connectivity index (χ2v) is 8.89. The molecule has 2 heterocycles. The minimum absolute atomic E-state index is 0.115. The third kappa shape index (κ3) is 4.61. The molecule has 3 aromatic carbocycles. The quantitative estimate of drug-likeness (QED) is 0.387. The smallest absolute Gasteiger partial charge is 0.253 e. The number of rotatable bonds is 5. The molecule has 0 bridgehead atoms. The van der Waals surface area contributed by atoms with Gasteiger partial charge in [-0.1, -0.05) is 36.4 Å². The highest BCUT2D eigenvalue weighted by Crippen LogP contribution is 2.33. The molecule has 1 aliphatic rings. The van der Waals surface area contributed by atoms with Crippen LogP contribution in [0.15, 0.2) is 71.5 Å². The van der Waals surface area contributed by atoms with Gasteiger partial charge >= 0.3 is 0 Å². The Bertz CT molecular complexity index is 1450. The highest BCUT2D eigenvalue weighted by atomic mass is 32.1. The summed E-state index contributed by atoms with van der Waals surface area (Å²) in [5, 5.41) is 4.86. The molecule has 7 heteroatoms. The van der Waals surface area contributed by atoms with E-state index < -0.39 is 0 Å². The number of thiocarbonyl (C=S) groups is 1. The molecule has 0 spiro atoms. The summed E-state index contributed by atoms with van der Waals surface area (Å²) in [4.78, 5) is 18.0. The van der Waals surface area contributed by atoms with E-state index in [1.54, 1.807) is 0 Å². The van der Waals surface area contributed by atoms with Crippen molar-refractivity contribution in [3.05, 3.63) is 99.3 Å². The standard InChI is InChI=1S/C27H25N3O3S/c1-17-5-3-8-22(11-17)28-27(34)30(14-19-9-10-23-24(12-19)33-16-32-23)15-21-13-20-7-4-6-18(2)25(20)29-26(21)31/h3-13H,14-16H2,1-2H3,(H,28,34)(H,29,31). The van der Waals surface area contributed by atoms with Crippen molar-refractivity contribution in [2.75, 3.05) is 12.1 Å². The van der Waals surface area contributed by atoms with E-state index in [-0.39, 0.29) is 12.4 Å². The molecule has 0 amide bonds. The molecule has 1 aromatic heterocycles. The second kappa shape index (κ2) is 9.19. The summed E-state index contributed by atoms with van der Waals surface area (Å²) in [5.74, 6) is 1.45. The van der Waals surface area contributed by atoms with Crippen LogP contribution in [-0.4, -0.2) is 21.8 Å². The number of nitrogens with one attached hydrogen (secondary N) is 2. The highest BCUT2D eigenvalue weighted by Gasteiger charge is 2.18. The molecule has 0 radical (unpaired) electrons. The number of aryl methyl sites for hydroxylation is 2. The fraction of sp³-hybridized carbons (Fsp3) is 0.185. The minimum atomic E-state index is -0.115. The van der Waals surface area contributed by atoms with Crippen LogP contribution in [-0.2, 0) is 13.1 Å². The SMILES string of the molecule is Cc1cccc(NC(=S)N(Cc2ccc3c(c2)OCO3)Cc2cc3cccc(C)c3[nH]c2=O)c1. The molecule has 172 valence electrons. The van der Waals surface area contributed by atoms with Gasteiger partial charge in [0, 0.05) is 17.8 Å². The zero-order valence-corrected chi connectivity index (χ0v) is 19.9. The van der Waals surface area contributed by atoms with E-state index >= 15 is 0 Å². The van der Waals surface area contributed by atoms with Crippen LogP contribution in [0.5, 0.6) is 11.5 Å². The van der Waals surface area contributed by atoms with Crippen LogP contribution in [0, 0.1) is 13.8 Å². The molecule has 0 unspecified atom stereocenters. The Labute approximate surface area is 203 Å². The lowest BCUT2D eigenvalue weighted by molar-refractivity contribution is 0.174. The number of H-pyrrole nitrogens is 1. The van der Waals surface area contributed by atoms with Gasteiger partial charge in [-0.25, -0.2) is 0 Å². The molecule has 34 heavy (non-hydrogen) atoms. The zero-order valence-electron chi connectivity index (χ0n) is 19.1. The molecule has 0 atom stereocenters. The molecule has 0 aliphatic carbocycles. The lowest BCUT2D eigenvalue weighted by atomic mass is 10.1. The normalized spacial score (nSPS) is 12.1. The predicted molar refractivity (Wildman–Crippen MR) is 139 cm³/mol. The van der Waals surface area contributed by atoms with Gasteiger partial charge in [-0.3, -0.25) is 4.79 Å². The number of hydrogen-bond acceptors (Lipinski definition) is 4. The number of aromatic nitrogens is 1. The molecule has 5 rings (SSSR count). The van der Waals surface area contributed by atoms with Crippen LogP contribution in [0.4, 0.5) is 5.69 Å². The van der Waals surface area contributed by atoms with Crippen LogP contribution in [0.25, 0.3) is 10.9 Å². The third-order valence-electron chi connectivity index (χ3n) is 5.89. The molecule has 0 saturated heterocycles. The minimum Gasteiger partial charge on any atom is -0.454 e. The van der Waals surface area contributed by atoms with Gasteiger partial charge in [0.25, 0.3) is 5.56 Å². The molecule has 2 N–H and O–H groups in total. The maximum absolute atomic E-state index is 13.0. The number of pyridine rings is 1. The monoisotopic (exact) mass is 471 g/mol. The largest absolute Gasteiger partial charge is 0.454 e. The van der Waals surface area contributed by atoms with Crippen molar-refractivity contribution in [1.82, 2.24) is 9.88 Å². The fourth-order valence-corrected chi connectivity index (χ4v) is 4.38. The second-order valence-electron chi connectivity index (χ2n) is 8.51. The third-order valence-corrected chi connectivity index (χ3v) is 6.25. The van der Waals surface area contributed by atoms with Gasteiger partial charge in [0.2, 0.25) is 6.79 Å². The van der Waals surface area contributed by atoms with Crippen molar-refractivity contribution in [1.29, 1.82) is 0 Å². The first kappa shape index (κ1) is 22.0. The van der Waals surface area contributed by atoms with Gasteiger partial charge < -0.3 is 24.7 Å². The van der Waals surface area contributed by atoms with Gasteiger partial charge in [0.15, 0.2) is 16.6 Å². The summed E-state index contributed by atoms with van der Waals surface area (Å²) in [6.07, 6.45) is 0. The number of ether oxygens (including phenoxy) is 2. The van der Waals surface area contributed by atoms with Crippen LogP contribution in [0.3, 0.4) is 0 Å². The van der Waals surface area contributed by atoms with Gasteiger partial charge in [-0.05, 0) is 78.5 Å². The lowest BCUT2D eigenvalue weighted by Gasteiger charge is -2.26. The van der Waals surface area contributed by atoms with Gasteiger partial charge in [0.1, 0.15) is 0 Å². The zero-order chi connectivity index (χ0) is 23.7. The Morgan fingerprint density at radius 3 is 2.68 bits per heavy atom. The number of benzene rings is 3. The molecule has 4 aromatic rings. The summed E-state index contributed by atoms with van der Waals surface area (Å²) >= 11 is 5.80. The van der Waals surface area contributed by atoms with Crippen molar-refractivity contribution in [2.45, 2.75) is 26.9 Å². The van der Waals surface area contributed by atoms with E-state index in [4.69, 9.17) is 21.7 Å². The molecule has 1 aliphatic heterocycles. The summed E-state index contributed by atoms with van der Waals surface area (Å²) in [5.41, 5.74) is 5.48. The van der Waals surface area contributed by atoms with Crippen molar-refractivity contribution < 1.29 is 9.47 Å². The number of anilines is 1. The summed E-state index contributed by atoms with van der Waals surface area (Å²) in [7, 11) is 0. The topological polar surface area (TPSA) is 66.6 Å². The molecular formula is C27H25N3O3S. The Hall–Kier alpha value is -3.84. The van der Waals surface area contributed by atoms with Gasteiger partial charge in [0.05, 0.1) is 12.1 Å². The van der Waals surface area contributed by atoms with Crippen molar-refractivity contribution in [2.24, 2.45) is 0 Å². The molecular weight excluding hydrogens is 446 g/mol. The highest BCUT2D eigenvalue weighted by molar-refractivity contribution is 7.80. The van der Waals surface area contributed by atoms with Crippen LogP contribution < -0.4 is 20.3 Å². The summed E-state index contributed by atoms with van der Waals surface area (Å²) in [6, 6.07) is 21.8. The van der Waals surface area contributed by atoms with E-state index in [1.807, 2.05) is 85.5 Å². The first-order valence-corrected chi connectivity index (χ1v) is 11.5. The van der Waals surface area contributed by atoms with Crippen molar-refractivity contribution >= 4 is 33.9 Å². The van der Waals surface area contributed by atoms with E-state index in [2.05, 4.69) is 10.3 Å². The van der Waals surface area contributed by atoms with E-state index in [9.17, 15) is 4.79 Å². The number of para-hydroxylation sites is 1. The van der Waals surface area contributed by atoms with Gasteiger partial charge in [-0.2, -0.15) is 0 Å². The number of fused-ring (bicyclic) bond motifs is 2. The Morgan fingerprint density at radius 2 is 1.82 bits per heavy atom. The molecule has 6 nitrogen and oxygen atoms in total. The van der Waals surface area contributed by atoms with E-state index in [0.29, 0.717) is 29.5 Å². The van der Waals surface area contributed by atoms with Crippen molar-refractivity contribution in [3.63, 3.8) is 0 Å². The maximum atomic E-state index is 13.0. The summed E-state index contributed by atoms with van der Waals surface area (Å²) in [6.45, 7) is 5.10. The number of hydrogen-bond donors (Lipinski definition) is 2. The van der Waals surface area contributed by atoms with Crippen LogP contribution in [0.1, 0.15) is 22.3 Å². The van der Waals surface area contributed by atoms with E-state index in [1.165, 1.54) is 0 Å². The predicted octanol–water partition coefficient (Wildman–Crippen LogP) is 5.27. The van der Waals surface area contributed by atoms with Crippen molar-refractivity contribution in [3.8, 4) is 11.5 Å². The van der Waals surface area contributed by atoms with E-state index in [0.717, 1.165) is 39.0 Å². The van der Waals surface area contributed by atoms with Crippen LogP contribution in [0.2, 0.25) is 0 Å². The lowest BCUT2D eigenvalue weighted by Crippen LogP contribution is -2.35. The summed E-state index contributed by atoms with van der Waals surface area (Å²) < 4.78 is 11.0. The molecule has 0 saturated carbocycles.